The van der Waals surface area contributed by atoms with Crippen LogP contribution in [0.2, 0.25) is 16.6 Å². The molecule has 0 saturated carbocycles. The topological polar surface area (TPSA) is 96.9 Å². The van der Waals surface area contributed by atoms with Gasteiger partial charge in [0.2, 0.25) is 5.91 Å². The van der Waals surface area contributed by atoms with E-state index in [1.807, 2.05) is 6.92 Å². The lowest BCUT2D eigenvalue weighted by molar-refractivity contribution is -0.118. The van der Waals surface area contributed by atoms with E-state index in [4.69, 9.17) is 9.16 Å². The highest BCUT2D eigenvalue weighted by Gasteiger charge is 2.45. The van der Waals surface area contributed by atoms with Gasteiger partial charge in [-0.1, -0.05) is 75.3 Å². The van der Waals surface area contributed by atoms with Crippen molar-refractivity contribution in [1.82, 2.24) is 10.6 Å². The number of aliphatic hydroxyl groups is 1. The third kappa shape index (κ3) is 12.2. The van der Waals surface area contributed by atoms with Crippen LogP contribution in [-0.4, -0.2) is 56.3 Å². The molecule has 0 aliphatic rings. The Morgan fingerprint density at radius 2 is 1.47 bits per heavy atom. The number of nitrogens with one attached hydrogen (secondary N) is 2. The van der Waals surface area contributed by atoms with Gasteiger partial charge in [-0.2, -0.15) is 0 Å². The highest BCUT2D eigenvalue weighted by molar-refractivity contribution is 6.77. The third-order valence-electron chi connectivity index (χ3n) is 7.49. The van der Waals surface area contributed by atoms with Gasteiger partial charge in [-0.3, -0.25) is 4.79 Å². The molecular formula is C30H60N2O5Si. The maximum Gasteiger partial charge on any atom is 0.408 e. The van der Waals surface area contributed by atoms with Crippen LogP contribution in [0.1, 0.15) is 115 Å². The molecule has 2 atom stereocenters. The molecular weight excluding hydrogens is 496 g/mol. The average molecular weight is 557 g/mol. The van der Waals surface area contributed by atoms with Gasteiger partial charge in [0.25, 0.3) is 0 Å². The lowest BCUT2D eigenvalue weighted by Gasteiger charge is -2.43. The molecule has 0 fully saturated rings. The second-order valence-electron chi connectivity index (χ2n) is 13.4. The molecule has 0 aliphatic carbocycles. The highest BCUT2D eigenvalue weighted by atomic mass is 28.4. The van der Waals surface area contributed by atoms with E-state index in [1.165, 1.54) is 0 Å². The van der Waals surface area contributed by atoms with E-state index in [0.717, 1.165) is 19.3 Å². The van der Waals surface area contributed by atoms with E-state index in [0.29, 0.717) is 42.6 Å². The second kappa shape index (κ2) is 16.0. The molecule has 0 bridgehead atoms. The molecule has 0 saturated heterocycles. The summed E-state index contributed by atoms with van der Waals surface area (Å²) in [5, 5.41) is 16.7. The van der Waals surface area contributed by atoms with Gasteiger partial charge in [0.15, 0.2) is 8.32 Å². The lowest BCUT2D eigenvalue weighted by atomic mass is 9.82. The lowest BCUT2D eigenvalue weighted by Crippen LogP contribution is -2.49. The fourth-order valence-corrected chi connectivity index (χ4v) is 10.8. The molecule has 0 spiro atoms. The summed E-state index contributed by atoms with van der Waals surface area (Å²) in [5.41, 5.74) is 0.923. The van der Waals surface area contributed by atoms with Crippen molar-refractivity contribution in [2.45, 2.75) is 150 Å². The minimum absolute atomic E-state index is 0.0900. The standard InChI is InChI=1S/C30H60N2O5Si/c1-14-15-19-31-27(34)24(8)26(32-28(35)37-29(9,10)11)25(33)16-17-30(12,13)18-20-36-38(21(2)3,22(4)5)23(6)7/h21-23,25-26,33H,8,14-20H2,1-7,9-13H3,(H,31,34)(H,32,35)/t25-,26-/m0/s1. The number of aliphatic hydroxyl groups excluding tert-OH is 1. The number of ether oxygens (including phenoxy) is 1. The number of hydrogen-bond acceptors (Lipinski definition) is 5. The zero-order valence-electron chi connectivity index (χ0n) is 26.6. The minimum Gasteiger partial charge on any atom is -0.444 e. The average Bonchev–Trinajstić information content (AvgIpc) is 2.76. The van der Waals surface area contributed by atoms with Gasteiger partial charge in [0, 0.05) is 18.7 Å². The van der Waals surface area contributed by atoms with Gasteiger partial charge < -0.3 is 24.9 Å². The van der Waals surface area contributed by atoms with Gasteiger partial charge in [-0.15, -0.1) is 0 Å². The summed E-state index contributed by atoms with van der Waals surface area (Å²) in [7, 11) is -1.94. The van der Waals surface area contributed by atoms with Crippen LogP contribution < -0.4 is 10.6 Å². The molecule has 0 aromatic rings. The van der Waals surface area contributed by atoms with Gasteiger partial charge in [-0.25, -0.2) is 4.79 Å². The number of alkyl carbamates (subject to hydrolysis) is 1. The minimum atomic E-state index is -1.94. The SMILES string of the molecule is C=C(C(=O)NCCCC)[C@H](NC(=O)OC(C)(C)C)[C@@H](O)CCC(C)(C)CCO[Si](C(C)C)(C(C)C)C(C)C. The molecule has 0 rings (SSSR count). The first kappa shape index (κ1) is 36.6. The van der Waals surface area contributed by atoms with Crippen LogP contribution in [0.5, 0.6) is 0 Å². The Morgan fingerprint density at radius 1 is 0.947 bits per heavy atom. The maximum atomic E-state index is 12.7. The van der Waals surface area contributed by atoms with E-state index in [9.17, 15) is 14.7 Å². The van der Waals surface area contributed by atoms with E-state index in [2.05, 4.69) is 72.6 Å². The summed E-state index contributed by atoms with van der Waals surface area (Å²) in [4.78, 5) is 25.2. The summed E-state index contributed by atoms with van der Waals surface area (Å²) in [6.07, 6.45) is 2.09. The van der Waals surface area contributed by atoms with Gasteiger partial charge in [0.05, 0.1) is 12.1 Å². The third-order valence-corrected chi connectivity index (χ3v) is 13.6. The van der Waals surface area contributed by atoms with Crippen LogP contribution in [0.4, 0.5) is 4.79 Å². The van der Waals surface area contributed by atoms with Crippen molar-refractivity contribution in [2.24, 2.45) is 5.41 Å². The largest absolute Gasteiger partial charge is 0.444 e. The number of amides is 2. The van der Waals surface area contributed by atoms with Crippen molar-refractivity contribution in [3.63, 3.8) is 0 Å². The van der Waals surface area contributed by atoms with E-state index in [-0.39, 0.29) is 16.9 Å². The summed E-state index contributed by atoms with van der Waals surface area (Å²) in [6, 6.07) is -0.943. The Balaban J connectivity index is 5.39. The molecule has 3 N–H and O–H groups in total. The van der Waals surface area contributed by atoms with E-state index in [1.54, 1.807) is 20.8 Å². The maximum absolute atomic E-state index is 12.7. The molecule has 224 valence electrons. The molecule has 0 aromatic carbocycles. The van der Waals surface area contributed by atoms with Crippen LogP contribution in [0.15, 0.2) is 12.2 Å². The zero-order valence-corrected chi connectivity index (χ0v) is 27.6. The summed E-state index contributed by atoms with van der Waals surface area (Å²) >= 11 is 0. The molecule has 0 unspecified atom stereocenters. The Kier molecular flexibility index (Phi) is 15.4. The Hall–Kier alpha value is -1.38. The zero-order chi connectivity index (χ0) is 29.9. The number of carbonyl (C=O) groups is 2. The second-order valence-corrected chi connectivity index (χ2v) is 18.9. The van der Waals surface area contributed by atoms with Gasteiger partial charge >= 0.3 is 6.09 Å². The summed E-state index contributed by atoms with van der Waals surface area (Å²) < 4.78 is 12.1. The van der Waals surface area contributed by atoms with Gasteiger partial charge in [0.1, 0.15) is 5.60 Å². The van der Waals surface area contributed by atoms with E-state index < -0.39 is 32.2 Å². The number of rotatable bonds is 17. The van der Waals surface area contributed by atoms with Crippen molar-refractivity contribution in [3.8, 4) is 0 Å². The van der Waals surface area contributed by atoms with Crippen molar-refractivity contribution in [2.75, 3.05) is 13.2 Å². The predicted octanol–water partition coefficient (Wildman–Crippen LogP) is 7.10. The van der Waals surface area contributed by atoms with Crippen molar-refractivity contribution in [1.29, 1.82) is 0 Å². The van der Waals surface area contributed by atoms with Crippen LogP contribution in [-0.2, 0) is 14.0 Å². The van der Waals surface area contributed by atoms with Crippen molar-refractivity contribution < 1.29 is 23.9 Å². The first-order valence-corrected chi connectivity index (χ1v) is 16.7. The van der Waals surface area contributed by atoms with Crippen LogP contribution in [0, 0.1) is 5.41 Å². The van der Waals surface area contributed by atoms with Crippen LogP contribution in [0.25, 0.3) is 0 Å². The number of unbranched alkanes of at least 4 members (excludes halogenated alkanes) is 1. The smallest absolute Gasteiger partial charge is 0.408 e. The van der Waals surface area contributed by atoms with Gasteiger partial charge in [-0.05, 0) is 68.5 Å². The first-order valence-electron chi connectivity index (χ1n) is 14.6. The molecule has 0 aliphatic heterocycles. The Bertz CT molecular complexity index is 722. The van der Waals surface area contributed by atoms with Crippen LogP contribution in [0.3, 0.4) is 0 Å². The quantitative estimate of drug-likeness (QED) is 0.101. The predicted molar refractivity (Wildman–Crippen MR) is 161 cm³/mol. The number of carbonyl (C=O) groups excluding carboxylic acids is 2. The monoisotopic (exact) mass is 556 g/mol. The Morgan fingerprint density at radius 3 is 1.92 bits per heavy atom. The van der Waals surface area contributed by atoms with Crippen molar-refractivity contribution in [3.05, 3.63) is 12.2 Å². The van der Waals surface area contributed by atoms with Crippen LogP contribution >= 0.6 is 0 Å². The first-order chi connectivity index (χ1) is 17.3. The number of hydrogen-bond donors (Lipinski definition) is 3. The fraction of sp³-hybridized carbons (Fsp3) is 0.867. The normalized spacial score (nSPS) is 14.5. The summed E-state index contributed by atoms with van der Waals surface area (Å²) in [6.45, 7) is 30.6. The van der Waals surface area contributed by atoms with Crippen molar-refractivity contribution >= 4 is 20.3 Å². The molecule has 8 heteroatoms. The Labute approximate surface area is 235 Å². The van der Waals surface area contributed by atoms with E-state index >= 15 is 0 Å². The highest BCUT2D eigenvalue weighted by Crippen LogP contribution is 2.43. The summed E-state index contributed by atoms with van der Waals surface area (Å²) in [5.74, 6) is -0.372. The molecule has 7 nitrogen and oxygen atoms in total. The molecule has 2 amide bonds. The fourth-order valence-electron chi connectivity index (χ4n) is 5.32. The molecule has 0 heterocycles. The molecule has 0 radical (unpaired) electrons. The molecule has 0 aromatic heterocycles. The molecule has 38 heavy (non-hydrogen) atoms.